The smallest absolute Gasteiger partial charge is 0.0930 e. The van der Waals surface area contributed by atoms with E-state index >= 15 is 0 Å². The monoisotopic (exact) mass is 500 g/mol. The quantitative estimate of drug-likeness (QED) is 0.368. The van der Waals surface area contributed by atoms with Gasteiger partial charge in [0.1, 0.15) is 0 Å². The molecular formula is C33H56O3. The van der Waals surface area contributed by atoms with Crippen molar-refractivity contribution in [3.05, 3.63) is 0 Å². The maximum atomic E-state index is 11.3. The maximum absolute atomic E-state index is 11.3. The van der Waals surface area contributed by atoms with Gasteiger partial charge in [-0.2, -0.15) is 0 Å². The first kappa shape index (κ1) is 26.1. The van der Waals surface area contributed by atoms with Crippen LogP contribution in [0.1, 0.15) is 143 Å². The summed E-state index contributed by atoms with van der Waals surface area (Å²) >= 11 is 0. The van der Waals surface area contributed by atoms with Gasteiger partial charge >= 0.3 is 0 Å². The lowest BCUT2D eigenvalue weighted by Crippen LogP contribution is -2.60. The highest BCUT2D eigenvalue weighted by Crippen LogP contribution is 2.69. The molecule has 8 atom stereocenters. The van der Waals surface area contributed by atoms with Crippen LogP contribution >= 0.6 is 0 Å². The molecule has 3 heteroatoms. The first-order valence-corrected chi connectivity index (χ1v) is 16.0. The number of hydrogen-bond acceptors (Lipinski definition) is 3. The second-order valence-electron chi connectivity index (χ2n) is 16.4. The largest absolute Gasteiger partial charge is 0.390 e. The fraction of sp³-hybridized carbons (Fsp3) is 1.00. The van der Waals surface area contributed by atoms with E-state index in [4.69, 9.17) is 0 Å². The Bertz CT molecular complexity index is 830. The summed E-state index contributed by atoms with van der Waals surface area (Å²) in [6.45, 7) is 8.83. The molecule has 1 spiro atoms. The Labute approximate surface area is 221 Å². The van der Waals surface area contributed by atoms with Gasteiger partial charge in [-0.3, -0.25) is 0 Å². The molecule has 6 saturated carbocycles. The van der Waals surface area contributed by atoms with Crippen molar-refractivity contribution in [3.8, 4) is 0 Å². The molecule has 6 rings (SSSR count). The summed E-state index contributed by atoms with van der Waals surface area (Å²) in [4.78, 5) is 0. The third kappa shape index (κ3) is 4.07. The number of fused-ring (bicyclic) bond motifs is 5. The minimum Gasteiger partial charge on any atom is -0.390 e. The predicted octanol–water partition coefficient (Wildman–Crippen LogP) is 7.40. The molecule has 6 aliphatic rings. The van der Waals surface area contributed by atoms with E-state index in [-0.39, 0.29) is 5.60 Å². The molecule has 0 heterocycles. The Morgan fingerprint density at radius 3 is 2.06 bits per heavy atom. The van der Waals surface area contributed by atoms with Gasteiger partial charge < -0.3 is 15.3 Å². The summed E-state index contributed by atoms with van der Waals surface area (Å²) in [6, 6.07) is 0. The van der Waals surface area contributed by atoms with Gasteiger partial charge in [0.15, 0.2) is 0 Å². The van der Waals surface area contributed by atoms with Gasteiger partial charge in [-0.15, -0.1) is 0 Å². The van der Waals surface area contributed by atoms with Gasteiger partial charge in [-0.1, -0.05) is 20.3 Å². The van der Waals surface area contributed by atoms with Gasteiger partial charge in [0, 0.05) is 0 Å². The molecule has 0 amide bonds. The van der Waals surface area contributed by atoms with E-state index in [0.717, 1.165) is 62.2 Å². The third-order valence-electron chi connectivity index (χ3n) is 14.5. The van der Waals surface area contributed by atoms with Crippen LogP contribution in [0.2, 0.25) is 0 Å². The molecule has 206 valence electrons. The van der Waals surface area contributed by atoms with Gasteiger partial charge in [0.05, 0.1) is 16.8 Å². The lowest BCUT2D eigenvalue weighted by molar-refractivity contribution is -0.204. The fourth-order valence-corrected chi connectivity index (χ4v) is 11.2. The molecule has 6 fully saturated rings. The minimum absolute atomic E-state index is 0.336. The standard InChI is InChI=1S/C33H56O3/c1-28(2,34)33(36)21-14-30(4)24(22-33)7-9-25-26-10-8-23(29(26,3)13-11-27(25)30)6-5-12-32(35)19-17-31(15-16-31)18-20-32/h23-27,34-36H,5-22H2,1-4H3/t23-,24-,25-,26-,27-,29+,30-,33-/m0/s1. The summed E-state index contributed by atoms with van der Waals surface area (Å²) in [7, 11) is 0. The lowest BCUT2D eigenvalue weighted by Gasteiger charge is -2.63. The minimum atomic E-state index is -1.01. The van der Waals surface area contributed by atoms with E-state index in [2.05, 4.69) is 13.8 Å². The number of rotatable bonds is 5. The highest BCUT2D eigenvalue weighted by molar-refractivity contribution is 5.12. The van der Waals surface area contributed by atoms with Crippen molar-refractivity contribution in [3.63, 3.8) is 0 Å². The van der Waals surface area contributed by atoms with Crippen LogP contribution in [0, 0.1) is 45.8 Å². The first-order chi connectivity index (χ1) is 16.8. The summed E-state index contributed by atoms with van der Waals surface area (Å²) in [6.07, 6.45) is 21.9. The molecule has 0 unspecified atom stereocenters. The molecule has 0 aliphatic heterocycles. The van der Waals surface area contributed by atoms with Crippen molar-refractivity contribution >= 4 is 0 Å². The highest BCUT2D eigenvalue weighted by atomic mass is 16.4. The Balaban J connectivity index is 1.08. The van der Waals surface area contributed by atoms with E-state index in [1.54, 1.807) is 0 Å². The van der Waals surface area contributed by atoms with Crippen LogP contribution in [0.3, 0.4) is 0 Å². The van der Waals surface area contributed by atoms with E-state index in [1.807, 2.05) is 13.8 Å². The van der Waals surface area contributed by atoms with E-state index < -0.39 is 11.2 Å². The molecule has 0 aromatic heterocycles. The zero-order valence-electron chi connectivity index (χ0n) is 24.0. The van der Waals surface area contributed by atoms with Crippen LogP contribution in [-0.2, 0) is 0 Å². The van der Waals surface area contributed by atoms with Crippen molar-refractivity contribution in [2.75, 3.05) is 0 Å². The molecule has 0 radical (unpaired) electrons. The predicted molar refractivity (Wildman–Crippen MR) is 145 cm³/mol. The molecule has 6 aliphatic carbocycles. The van der Waals surface area contributed by atoms with Crippen molar-refractivity contribution in [1.29, 1.82) is 0 Å². The van der Waals surface area contributed by atoms with E-state index in [1.165, 1.54) is 77.0 Å². The summed E-state index contributed by atoms with van der Waals surface area (Å²) < 4.78 is 0. The normalized spacial score (nSPS) is 49.2. The van der Waals surface area contributed by atoms with E-state index in [0.29, 0.717) is 22.2 Å². The Morgan fingerprint density at radius 2 is 1.39 bits per heavy atom. The molecule has 0 saturated heterocycles. The van der Waals surface area contributed by atoms with Gasteiger partial charge in [0.2, 0.25) is 0 Å². The van der Waals surface area contributed by atoms with Gasteiger partial charge in [-0.25, -0.2) is 0 Å². The van der Waals surface area contributed by atoms with Crippen LogP contribution in [0.15, 0.2) is 0 Å². The van der Waals surface area contributed by atoms with E-state index in [9.17, 15) is 15.3 Å². The van der Waals surface area contributed by atoms with Crippen LogP contribution in [0.25, 0.3) is 0 Å². The maximum Gasteiger partial charge on any atom is 0.0930 e. The molecule has 0 aromatic rings. The van der Waals surface area contributed by atoms with Crippen LogP contribution in [0.4, 0.5) is 0 Å². The SMILES string of the molecule is CC(C)(O)[C@]1(O)CC[C@@]2(C)[C@@H](CC[C@@H]3[C@@H]2CC[C@]2(C)[C@@H](CCCC4(O)CCC5(CC4)CC5)CC[C@@H]32)C1. The van der Waals surface area contributed by atoms with Crippen molar-refractivity contribution in [2.45, 2.75) is 160 Å². The van der Waals surface area contributed by atoms with Gasteiger partial charge in [0.25, 0.3) is 0 Å². The van der Waals surface area contributed by atoms with Crippen molar-refractivity contribution in [2.24, 2.45) is 45.8 Å². The molecule has 0 aromatic carbocycles. The fourth-order valence-electron chi connectivity index (χ4n) is 11.2. The van der Waals surface area contributed by atoms with Crippen LogP contribution < -0.4 is 0 Å². The Kier molecular flexibility index (Phi) is 6.12. The van der Waals surface area contributed by atoms with Gasteiger partial charge in [-0.05, 0) is 169 Å². The topological polar surface area (TPSA) is 60.7 Å². The Morgan fingerprint density at radius 1 is 0.722 bits per heavy atom. The molecule has 3 N–H and O–H groups in total. The highest BCUT2D eigenvalue weighted by Gasteiger charge is 2.62. The average molecular weight is 501 g/mol. The number of hydrogen-bond donors (Lipinski definition) is 3. The molecule has 3 nitrogen and oxygen atoms in total. The summed E-state index contributed by atoms with van der Waals surface area (Å²) in [5.41, 5.74) is -0.795. The van der Waals surface area contributed by atoms with Crippen LogP contribution in [-0.4, -0.2) is 32.1 Å². The second-order valence-corrected chi connectivity index (χ2v) is 16.4. The summed E-state index contributed by atoms with van der Waals surface area (Å²) in [5.74, 6) is 3.94. The molecule has 0 bridgehead atoms. The second kappa shape index (κ2) is 8.44. The van der Waals surface area contributed by atoms with Crippen molar-refractivity contribution in [1.82, 2.24) is 0 Å². The van der Waals surface area contributed by atoms with Crippen molar-refractivity contribution < 1.29 is 15.3 Å². The zero-order chi connectivity index (χ0) is 25.6. The zero-order valence-corrected chi connectivity index (χ0v) is 24.0. The Hall–Kier alpha value is -0.120. The lowest BCUT2D eigenvalue weighted by atomic mass is 9.43. The number of aliphatic hydroxyl groups is 3. The third-order valence-corrected chi connectivity index (χ3v) is 14.5. The molecular weight excluding hydrogens is 444 g/mol. The average Bonchev–Trinajstić information content (AvgIpc) is 3.50. The first-order valence-electron chi connectivity index (χ1n) is 16.0. The molecule has 36 heavy (non-hydrogen) atoms. The van der Waals surface area contributed by atoms with Crippen LogP contribution in [0.5, 0.6) is 0 Å². The summed E-state index contributed by atoms with van der Waals surface area (Å²) in [5, 5.41) is 33.3.